The number of nitriles is 1. The third-order valence-electron chi connectivity index (χ3n) is 4.52. The van der Waals surface area contributed by atoms with Gasteiger partial charge in [0.1, 0.15) is 24.0 Å². The number of nitrogens with zero attached hydrogens (tertiary/aromatic N) is 3. The molecule has 0 fully saturated rings. The zero-order valence-electron chi connectivity index (χ0n) is 17.6. The van der Waals surface area contributed by atoms with Gasteiger partial charge in [-0.3, -0.25) is 25.0 Å². The van der Waals surface area contributed by atoms with E-state index in [0.717, 1.165) is 0 Å². The van der Waals surface area contributed by atoms with Crippen molar-refractivity contribution in [2.24, 2.45) is 0 Å². The van der Waals surface area contributed by atoms with Crippen LogP contribution in [0.4, 0.5) is 17.1 Å². The molecule has 176 valence electrons. The van der Waals surface area contributed by atoms with Crippen molar-refractivity contribution in [3.63, 3.8) is 0 Å². The van der Waals surface area contributed by atoms with Gasteiger partial charge in [-0.2, -0.15) is 5.26 Å². The predicted octanol–water partition coefficient (Wildman–Crippen LogP) is 5.84. The first-order chi connectivity index (χ1) is 16.7. The Labute approximate surface area is 226 Å². The Bertz CT molecular complexity index is 1380. The fourth-order valence-corrected chi connectivity index (χ4v) is 5.05. The maximum absolute atomic E-state index is 12.6. The van der Waals surface area contributed by atoms with Crippen LogP contribution in [0.1, 0.15) is 11.1 Å². The van der Waals surface area contributed by atoms with Crippen LogP contribution < -0.4 is 10.1 Å². The average Bonchev–Trinajstić information content (AvgIpc) is 2.82. The molecule has 10 nitrogen and oxygen atoms in total. The van der Waals surface area contributed by atoms with Crippen molar-refractivity contribution in [1.82, 2.24) is 0 Å². The summed E-state index contributed by atoms with van der Waals surface area (Å²) in [4.78, 5) is 33.4. The minimum absolute atomic E-state index is 0.0246. The molecular formula is C23H14I2N4O6. The predicted molar refractivity (Wildman–Crippen MR) is 145 cm³/mol. The summed E-state index contributed by atoms with van der Waals surface area (Å²) in [5, 5.41) is 33.8. The summed E-state index contributed by atoms with van der Waals surface area (Å²) in [5.74, 6) is -0.140. The first-order valence-corrected chi connectivity index (χ1v) is 11.9. The third-order valence-corrected chi connectivity index (χ3v) is 6.12. The van der Waals surface area contributed by atoms with Crippen LogP contribution in [0.15, 0.2) is 66.2 Å². The van der Waals surface area contributed by atoms with E-state index in [0.29, 0.717) is 24.0 Å². The van der Waals surface area contributed by atoms with Crippen molar-refractivity contribution in [2.45, 2.75) is 6.61 Å². The van der Waals surface area contributed by atoms with Gasteiger partial charge in [0, 0.05) is 30.0 Å². The lowest BCUT2D eigenvalue weighted by Crippen LogP contribution is -2.13. The first kappa shape index (κ1) is 26.0. The van der Waals surface area contributed by atoms with Gasteiger partial charge >= 0.3 is 0 Å². The van der Waals surface area contributed by atoms with Crippen LogP contribution in [-0.2, 0) is 11.4 Å². The zero-order valence-corrected chi connectivity index (χ0v) is 21.9. The first-order valence-electron chi connectivity index (χ1n) is 9.70. The highest BCUT2D eigenvalue weighted by Crippen LogP contribution is 2.31. The van der Waals surface area contributed by atoms with Gasteiger partial charge in [0.15, 0.2) is 0 Å². The molecule has 0 aromatic heterocycles. The van der Waals surface area contributed by atoms with Crippen LogP contribution >= 0.6 is 45.2 Å². The molecule has 3 aromatic carbocycles. The zero-order chi connectivity index (χ0) is 25.5. The number of nitrogens with one attached hydrogen (secondary N) is 1. The summed E-state index contributed by atoms with van der Waals surface area (Å²) in [5.41, 5.74) is 1.01. The van der Waals surface area contributed by atoms with Crippen molar-refractivity contribution in [2.75, 3.05) is 5.32 Å². The number of anilines is 1. The highest BCUT2D eigenvalue weighted by Gasteiger charge is 2.15. The molecule has 0 spiro atoms. The molecule has 0 heterocycles. The fraction of sp³-hybridized carbons (Fsp3) is 0.0435. The van der Waals surface area contributed by atoms with Crippen LogP contribution in [0.5, 0.6) is 5.75 Å². The smallest absolute Gasteiger partial charge is 0.271 e. The van der Waals surface area contributed by atoms with Crippen molar-refractivity contribution in [3.8, 4) is 11.8 Å². The van der Waals surface area contributed by atoms with Gasteiger partial charge in [-0.15, -0.1) is 0 Å². The lowest BCUT2D eigenvalue weighted by Gasteiger charge is -2.12. The topological polar surface area (TPSA) is 148 Å². The molecule has 0 saturated carbocycles. The molecule has 3 rings (SSSR count). The Morgan fingerprint density at radius 3 is 2.20 bits per heavy atom. The van der Waals surface area contributed by atoms with Crippen LogP contribution in [-0.4, -0.2) is 15.8 Å². The lowest BCUT2D eigenvalue weighted by molar-refractivity contribution is -0.385. The van der Waals surface area contributed by atoms with E-state index < -0.39 is 15.8 Å². The molecular weight excluding hydrogens is 682 g/mol. The van der Waals surface area contributed by atoms with Crippen LogP contribution in [0.2, 0.25) is 0 Å². The summed E-state index contributed by atoms with van der Waals surface area (Å²) < 4.78 is 7.30. The minimum Gasteiger partial charge on any atom is -0.487 e. The number of amides is 1. The SMILES string of the molecule is N#C/C(=C\c1cc(I)c(OCc2cccc([N+](=O)[O-])c2)c(I)c1)C(=O)Nc1cccc([N+](=O)[O-])c1. The molecule has 0 saturated heterocycles. The van der Waals surface area contributed by atoms with Crippen molar-refractivity contribution in [3.05, 3.63) is 105 Å². The number of carbonyl (C=O) groups is 1. The second kappa shape index (κ2) is 11.7. The quantitative estimate of drug-likeness (QED) is 0.102. The fourth-order valence-electron chi connectivity index (χ4n) is 2.93. The van der Waals surface area contributed by atoms with Crippen molar-refractivity contribution in [1.29, 1.82) is 5.26 Å². The highest BCUT2D eigenvalue weighted by atomic mass is 127. The van der Waals surface area contributed by atoms with Gasteiger partial charge in [-0.1, -0.05) is 18.2 Å². The largest absolute Gasteiger partial charge is 0.487 e. The van der Waals surface area contributed by atoms with Gasteiger partial charge in [-0.25, -0.2) is 0 Å². The van der Waals surface area contributed by atoms with E-state index in [1.165, 1.54) is 42.5 Å². The number of nitro groups is 2. The number of benzene rings is 3. The van der Waals surface area contributed by atoms with E-state index in [1.54, 1.807) is 24.3 Å². The Morgan fingerprint density at radius 1 is 1.00 bits per heavy atom. The number of hydrogen-bond acceptors (Lipinski definition) is 7. The number of rotatable bonds is 8. The molecule has 0 unspecified atom stereocenters. The Morgan fingerprint density at radius 2 is 1.60 bits per heavy atom. The number of ether oxygens (including phenoxy) is 1. The lowest BCUT2D eigenvalue weighted by atomic mass is 10.1. The van der Waals surface area contributed by atoms with E-state index in [2.05, 4.69) is 50.5 Å². The Hall–Kier alpha value is -3.58. The summed E-state index contributed by atoms with van der Waals surface area (Å²) in [6, 6.07) is 16.9. The third kappa shape index (κ3) is 6.96. The normalized spacial score (nSPS) is 10.8. The number of halogens is 2. The second-order valence-corrected chi connectivity index (χ2v) is 9.29. The number of non-ortho nitro benzene ring substituents is 2. The molecule has 0 aliphatic carbocycles. The maximum Gasteiger partial charge on any atom is 0.271 e. The van der Waals surface area contributed by atoms with Crippen molar-refractivity contribution < 1.29 is 19.4 Å². The number of nitro benzene ring substituents is 2. The van der Waals surface area contributed by atoms with E-state index in [1.807, 2.05) is 6.07 Å². The van der Waals surface area contributed by atoms with Gasteiger partial charge in [0.05, 0.1) is 17.0 Å². The summed E-state index contributed by atoms with van der Waals surface area (Å²) in [6.07, 6.45) is 1.40. The van der Waals surface area contributed by atoms with Gasteiger partial charge in [0.25, 0.3) is 17.3 Å². The van der Waals surface area contributed by atoms with Gasteiger partial charge in [0.2, 0.25) is 0 Å². The van der Waals surface area contributed by atoms with Crippen LogP contribution in [0.3, 0.4) is 0 Å². The Balaban J connectivity index is 1.77. The van der Waals surface area contributed by atoms with Gasteiger partial charge in [-0.05, 0) is 80.6 Å². The molecule has 12 heteroatoms. The average molecular weight is 696 g/mol. The second-order valence-electron chi connectivity index (χ2n) is 6.96. The molecule has 0 aliphatic heterocycles. The maximum atomic E-state index is 12.6. The van der Waals surface area contributed by atoms with E-state index in [4.69, 9.17) is 4.74 Å². The summed E-state index contributed by atoms with van der Waals surface area (Å²) in [6.45, 7) is 0.123. The molecule has 0 bridgehead atoms. The van der Waals surface area contributed by atoms with E-state index in [9.17, 15) is 30.3 Å². The molecule has 0 aliphatic rings. The van der Waals surface area contributed by atoms with Crippen molar-refractivity contribution >= 4 is 74.2 Å². The summed E-state index contributed by atoms with van der Waals surface area (Å²) in [7, 11) is 0. The number of hydrogen-bond donors (Lipinski definition) is 1. The van der Waals surface area contributed by atoms with Crippen LogP contribution in [0.25, 0.3) is 6.08 Å². The number of carbonyl (C=O) groups excluding carboxylic acids is 1. The molecule has 1 amide bonds. The van der Waals surface area contributed by atoms with Crippen LogP contribution in [0, 0.1) is 38.7 Å². The monoisotopic (exact) mass is 696 g/mol. The van der Waals surface area contributed by atoms with E-state index in [-0.39, 0.29) is 29.2 Å². The molecule has 0 atom stereocenters. The highest BCUT2D eigenvalue weighted by molar-refractivity contribution is 14.1. The standard InChI is InChI=1S/C23H14I2N4O6/c24-20-9-15(7-16(12-26)23(30)27-17-4-2-6-19(11-17)29(33)34)10-21(25)22(20)35-13-14-3-1-5-18(8-14)28(31)32/h1-11H,13H2,(H,27,30)/b16-7+. The van der Waals surface area contributed by atoms with E-state index >= 15 is 0 Å². The Kier molecular flexibility index (Phi) is 8.71. The summed E-state index contributed by atoms with van der Waals surface area (Å²) >= 11 is 4.12. The molecule has 0 radical (unpaired) electrons. The molecule has 35 heavy (non-hydrogen) atoms. The van der Waals surface area contributed by atoms with Gasteiger partial charge < -0.3 is 10.1 Å². The molecule has 1 N–H and O–H groups in total. The molecule has 3 aromatic rings. The minimum atomic E-state index is -0.705.